The van der Waals surface area contributed by atoms with Gasteiger partial charge < -0.3 is 10.2 Å². The van der Waals surface area contributed by atoms with E-state index in [0.29, 0.717) is 12.1 Å². The molecular weight excluding hydrogens is 180 g/mol. The first-order valence-electron chi connectivity index (χ1n) is 5.02. The van der Waals surface area contributed by atoms with Gasteiger partial charge in [-0.3, -0.25) is 4.68 Å². The normalized spacial score (nSPS) is 13.1. The Hall–Kier alpha value is -0.870. The van der Waals surface area contributed by atoms with Crippen molar-refractivity contribution >= 4 is 0 Å². The van der Waals surface area contributed by atoms with Crippen molar-refractivity contribution in [2.75, 3.05) is 6.61 Å². The monoisotopic (exact) mass is 198 g/mol. The maximum absolute atomic E-state index is 9.59. The first-order chi connectivity index (χ1) is 6.69. The lowest BCUT2D eigenvalue weighted by Gasteiger charge is -2.04. The van der Waals surface area contributed by atoms with E-state index in [1.807, 2.05) is 17.7 Å². The number of aromatic nitrogens is 2. The van der Waals surface area contributed by atoms with Gasteiger partial charge in [0, 0.05) is 25.3 Å². The molecule has 0 aliphatic rings. The van der Waals surface area contributed by atoms with Crippen molar-refractivity contribution in [1.29, 1.82) is 0 Å². The molecule has 1 atom stereocenters. The molecule has 0 aliphatic carbocycles. The van der Waals surface area contributed by atoms with Crippen molar-refractivity contribution in [3.63, 3.8) is 0 Å². The van der Waals surface area contributed by atoms with Gasteiger partial charge in [-0.2, -0.15) is 5.10 Å². The standard InChI is InChI=1S/C10H18N2O2/c1-3-5-12-8(2)7-9(11-12)10(14)4-6-13/h7,10,13-14H,3-6H2,1-2H3/t10-/m0/s1. The third-order valence-corrected chi connectivity index (χ3v) is 2.18. The van der Waals surface area contributed by atoms with Gasteiger partial charge in [0.1, 0.15) is 0 Å². The minimum absolute atomic E-state index is 0.0130. The summed E-state index contributed by atoms with van der Waals surface area (Å²) in [6, 6.07) is 1.87. The lowest BCUT2D eigenvalue weighted by atomic mass is 10.2. The highest BCUT2D eigenvalue weighted by Crippen LogP contribution is 2.15. The third kappa shape index (κ3) is 2.56. The van der Waals surface area contributed by atoms with Crippen molar-refractivity contribution in [3.8, 4) is 0 Å². The number of hydrogen-bond donors (Lipinski definition) is 2. The Kier molecular flexibility index (Phi) is 4.10. The molecule has 0 fully saturated rings. The Bertz CT molecular complexity index is 284. The van der Waals surface area contributed by atoms with Crippen LogP contribution < -0.4 is 0 Å². The van der Waals surface area contributed by atoms with Crippen LogP contribution in [0, 0.1) is 6.92 Å². The zero-order chi connectivity index (χ0) is 10.6. The van der Waals surface area contributed by atoms with Crippen LogP contribution in [0.4, 0.5) is 0 Å². The smallest absolute Gasteiger partial charge is 0.1000 e. The van der Waals surface area contributed by atoms with Crippen molar-refractivity contribution in [1.82, 2.24) is 9.78 Å². The van der Waals surface area contributed by atoms with E-state index < -0.39 is 6.10 Å². The molecule has 4 nitrogen and oxygen atoms in total. The number of aliphatic hydroxyl groups excluding tert-OH is 2. The average Bonchev–Trinajstić information content (AvgIpc) is 2.49. The van der Waals surface area contributed by atoms with Gasteiger partial charge in [0.05, 0.1) is 11.8 Å². The lowest BCUT2D eigenvalue weighted by molar-refractivity contribution is 0.130. The van der Waals surface area contributed by atoms with E-state index in [9.17, 15) is 5.11 Å². The molecule has 1 rings (SSSR count). The number of rotatable bonds is 5. The van der Waals surface area contributed by atoms with Crippen LogP contribution in [0.3, 0.4) is 0 Å². The molecule has 1 heterocycles. The fourth-order valence-corrected chi connectivity index (χ4v) is 1.41. The summed E-state index contributed by atoms with van der Waals surface area (Å²) in [5.41, 5.74) is 1.71. The van der Waals surface area contributed by atoms with Gasteiger partial charge in [0.2, 0.25) is 0 Å². The minimum Gasteiger partial charge on any atom is -0.396 e. The lowest BCUT2D eigenvalue weighted by Crippen LogP contribution is -2.04. The van der Waals surface area contributed by atoms with Gasteiger partial charge in [0.15, 0.2) is 0 Å². The first kappa shape index (κ1) is 11.2. The van der Waals surface area contributed by atoms with Crippen LogP contribution in [0.25, 0.3) is 0 Å². The molecule has 1 aromatic rings. The summed E-state index contributed by atoms with van der Waals surface area (Å²) in [6.07, 6.45) is 0.734. The first-order valence-corrected chi connectivity index (χ1v) is 5.02. The van der Waals surface area contributed by atoms with E-state index in [-0.39, 0.29) is 6.61 Å². The van der Waals surface area contributed by atoms with Crippen LogP contribution in [0.15, 0.2) is 6.07 Å². The minimum atomic E-state index is -0.642. The SMILES string of the molecule is CCCn1nc([C@@H](O)CCO)cc1C. The topological polar surface area (TPSA) is 58.3 Å². The maximum atomic E-state index is 9.59. The van der Waals surface area contributed by atoms with Crippen LogP contribution >= 0.6 is 0 Å². The molecular formula is C10H18N2O2. The zero-order valence-electron chi connectivity index (χ0n) is 8.77. The molecule has 0 amide bonds. The summed E-state index contributed by atoms with van der Waals surface area (Å²) in [7, 11) is 0. The second kappa shape index (κ2) is 5.12. The highest BCUT2D eigenvalue weighted by molar-refractivity contribution is 5.11. The molecule has 0 aliphatic heterocycles. The molecule has 1 aromatic heterocycles. The highest BCUT2D eigenvalue weighted by Gasteiger charge is 2.12. The van der Waals surface area contributed by atoms with Crippen molar-refractivity contribution in [2.45, 2.75) is 39.3 Å². The number of hydrogen-bond acceptors (Lipinski definition) is 3. The third-order valence-electron chi connectivity index (χ3n) is 2.18. The second-order valence-corrected chi connectivity index (χ2v) is 3.46. The number of nitrogens with zero attached hydrogens (tertiary/aromatic N) is 2. The predicted octanol–water partition coefficient (Wildman–Crippen LogP) is 1.02. The summed E-state index contributed by atoms with van der Waals surface area (Å²) in [4.78, 5) is 0. The van der Waals surface area contributed by atoms with Crippen LogP contribution in [-0.2, 0) is 6.54 Å². The summed E-state index contributed by atoms with van der Waals surface area (Å²) in [5.74, 6) is 0. The summed E-state index contributed by atoms with van der Waals surface area (Å²) in [6.45, 7) is 4.92. The Labute approximate surface area is 84.2 Å². The zero-order valence-corrected chi connectivity index (χ0v) is 8.77. The van der Waals surface area contributed by atoms with Gasteiger partial charge in [-0.25, -0.2) is 0 Å². The van der Waals surface area contributed by atoms with E-state index in [2.05, 4.69) is 12.0 Å². The fraction of sp³-hybridized carbons (Fsp3) is 0.700. The van der Waals surface area contributed by atoms with E-state index in [0.717, 1.165) is 18.7 Å². The average molecular weight is 198 g/mol. The van der Waals surface area contributed by atoms with Crippen molar-refractivity contribution < 1.29 is 10.2 Å². The highest BCUT2D eigenvalue weighted by atomic mass is 16.3. The predicted molar refractivity (Wildman–Crippen MR) is 53.9 cm³/mol. The molecule has 0 bridgehead atoms. The molecule has 14 heavy (non-hydrogen) atoms. The van der Waals surface area contributed by atoms with E-state index in [1.54, 1.807) is 0 Å². The Morgan fingerprint density at radius 1 is 1.57 bits per heavy atom. The largest absolute Gasteiger partial charge is 0.396 e. The van der Waals surface area contributed by atoms with Gasteiger partial charge in [-0.15, -0.1) is 0 Å². The maximum Gasteiger partial charge on any atom is 0.1000 e. The number of aliphatic hydroxyl groups is 2. The number of aryl methyl sites for hydroxylation is 2. The van der Waals surface area contributed by atoms with E-state index >= 15 is 0 Å². The van der Waals surface area contributed by atoms with Crippen LogP contribution in [0.1, 0.15) is 37.3 Å². The Balaban J connectivity index is 2.74. The molecule has 0 spiro atoms. The van der Waals surface area contributed by atoms with Gasteiger partial charge in [0.25, 0.3) is 0 Å². The van der Waals surface area contributed by atoms with Crippen LogP contribution in [-0.4, -0.2) is 26.6 Å². The summed E-state index contributed by atoms with van der Waals surface area (Å²) < 4.78 is 1.88. The van der Waals surface area contributed by atoms with Gasteiger partial charge in [-0.1, -0.05) is 6.92 Å². The van der Waals surface area contributed by atoms with E-state index in [1.165, 1.54) is 0 Å². The van der Waals surface area contributed by atoms with Crippen LogP contribution in [0.2, 0.25) is 0 Å². The quantitative estimate of drug-likeness (QED) is 0.742. The van der Waals surface area contributed by atoms with E-state index in [4.69, 9.17) is 5.11 Å². The van der Waals surface area contributed by atoms with Crippen molar-refractivity contribution in [3.05, 3.63) is 17.5 Å². The second-order valence-electron chi connectivity index (χ2n) is 3.46. The molecule has 2 N–H and O–H groups in total. The van der Waals surface area contributed by atoms with Gasteiger partial charge >= 0.3 is 0 Å². The molecule has 0 aromatic carbocycles. The molecule has 0 saturated heterocycles. The van der Waals surface area contributed by atoms with Crippen LogP contribution in [0.5, 0.6) is 0 Å². The van der Waals surface area contributed by atoms with Crippen molar-refractivity contribution in [2.24, 2.45) is 0 Å². The molecule has 0 saturated carbocycles. The van der Waals surface area contributed by atoms with Gasteiger partial charge in [-0.05, 0) is 19.4 Å². The summed E-state index contributed by atoms with van der Waals surface area (Å²) in [5, 5.41) is 22.5. The fourth-order valence-electron chi connectivity index (χ4n) is 1.41. The Morgan fingerprint density at radius 3 is 2.86 bits per heavy atom. The molecule has 80 valence electrons. The Morgan fingerprint density at radius 2 is 2.29 bits per heavy atom. The molecule has 4 heteroatoms. The molecule has 0 unspecified atom stereocenters. The summed E-state index contributed by atoms with van der Waals surface area (Å²) >= 11 is 0. The molecule has 0 radical (unpaired) electrons.